The molecule has 4 heterocycles. The van der Waals surface area contributed by atoms with Crippen molar-refractivity contribution in [2.75, 3.05) is 13.1 Å². The van der Waals surface area contributed by atoms with E-state index in [0.29, 0.717) is 11.8 Å². The number of pyridine rings is 2. The van der Waals surface area contributed by atoms with E-state index in [0.717, 1.165) is 37.4 Å². The Balaban J connectivity index is 1.46. The van der Waals surface area contributed by atoms with E-state index in [1.54, 1.807) is 12.3 Å². The fourth-order valence-corrected chi connectivity index (χ4v) is 5.09. The molecule has 0 unspecified atom stereocenters. The minimum absolute atomic E-state index is 0.112. The fourth-order valence-electron chi connectivity index (χ4n) is 5.09. The smallest absolute Gasteiger partial charge is 0.251 e. The molecule has 0 spiro atoms. The van der Waals surface area contributed by atoms with Gasteiger partial charge >= 0.3 is 0 Å². The van der Waals surface area contributed by atoms with Gasteiger partial charge in [0, 0.05) is 55.6 Å². The molecule has 2 aliphatic rings. The van der Waals surface area contributed by atoms with Gasteiger partial charge in [-0.25, -0.2) is 0 Å². The van der Waals surface area contributed by atoms with Gasteiger partial charge in [0.05, 0.1) is 5.69 Å². The molecule has 1 fully saturated rings. The van der Waals surface area contributed by atoms with Crippen LogP contribution >= 0.6 is 0 Å². The minimum atomic E-state index is 0.112. The first kappa shape index (κ1) is 18.3. The lowest BCUT2D eigenvalue weighted by molar-refractivity contribution is 0.114. The summed E-state index contributed by atoms with van der Waals surface area (Å²) in [6.07, 6.45) is 2.96. The average molecular weight is 386 g/mol. The van der Waals surface area contributed by atoms with E-state index in [1.165, 1.54) is 28.8 Å². The largest absolute Gasteiger partial charge is 0.312 e. The zero-order chi connectivity index (χ0) is 20.0. The first-order valence-corrected chi connectivity index (χ1v) is 10.5. The number of nitrogens with zero attached hydrogens (tertiary/aromatic N) is 3. The van der Waals surface area contributed by atoms with Gasteiger partial charge < -0.3 is 4.57 Å². The van der Waals surface area contributed by atoms with E-state index in [1.807, 2.05) is 22.8 Å². The molecule has 0 N–H and O–H groups in total. The van der Waals surface area contributed by atoms with Crippen LogP contribution in [-0.2, 0) is 13.1 Å². The van der Waals surface area contributed by atoms with Gasteiger partial charge in [-0.1, -0.05) is 24.3 Å². The Hall–Kier alpha value is -2.72. The summed E-state index contributed by atoms with van der Waals surface area (Å²) in [5.74, 6) is 0.953. The first-order valence-electron chi connectivity index (χ1n) is 10.5. The molecule has 1 saturated heterocycles. The Kier molecular flexibility index (Phi) is 4.59. The van der Waals surface area contributed by atoms with E-state index < -0.39 is 0 Å². The Bertz CT molecular complexity index is 1100. The summed E-state index contributed by atoms with van der Waals surface area (Å²) in [7, 11) is 0. The molecule has 3 aromatic rings. The second-order valence-electron chi connectivity index (χ2n) is 8.68. The predicted molar refractivity (Wildman–Crippen MR) is 116 cm³/mol. The monoisotopic (exact) mass is 385 g/mol. The molecule has 2 bridgehead atoms. The molecule has 5 rings (SSSR count). The normalized spacial score (nSPS) is 21.0. The number of hydrogen-bond acceptors (Lipinski definition) is 3. The highest BCUT2D eigenvalue weighted by molar-refractivity contribution is 5.59. The molecule has 2 aliphatic heterocycles. The highest BCUT2D eigenvalue weighted by atomic mass is 16.1. The van der Waals surface area contributed by atoms with Gasteiger partial charge in [-0.05, 0) is 61.1 Å². The Morgan fingerprint density at radius 2 is 1.93 bits per heavy atom. The van der Waals surface area contributed by atoms with E-state index in [-0.39, 0.29) is 5.56 Å². The third kappa shape index (κ3) is 3.42. The fraction of sp³-hybridized carbons (Fsp3) is 0.360. The summed E-state index contributed by atoms with van der Waals surface area (Å²) < 4.78 is 2.01. The lowest BCUT2D eigenvalue weighted by Gasteiger charge is -2.43. The molecule has 1 aromatic carbocycles. The zero-order valence-corrected chi connectivity index (χ0v) is 17.1. The third-order valence-corrected chi connectivity index (χ3v) is 6.70. The minimum Gasteiger partial charge on any atom is -0.312 e. The molecule has 0 amide bonds. The van der Waals surface area contributed by atoms with Gasteiger partial charge in [-0.3, -0.25) is 14.7 Å². The number of aryl methyl sites for hydroxylation is 1. The standard InChI is InChI=1S/C25H27N3O/c1-17-6-5-7-20(18(17)2)15-27-13-19-10-22(16-27)24-11-21(12-25(29)28(24)14-19)23-8-3-4-9-26-23/h3-9,11-12,19,22H,10,13-16H2,1-2H3/t19-,22+/m0/s1. The summed E-state index contributed by atoms with van der Waals surface area (Å²) in [5.41, 5.74) is 7.28. The second-order valence-corrected chi connectivity index (χ2v) is 8.68. The van der Waals surface area contributed by atoms with Crippen molar-refractivity contribution >= 4 is 0 Å². The van der Waals surface area contributed by atoms with Crippen LogP contribution in [0.1, 0.15) is 34.7 Å². The molecule has 4 heteroatoms. The summed E-state index contributed by atoms with van der Waals surface area (Å²) in [4.78, 5) is 19.9. The van der Waals surface area contributed by atoms with E-state index in [2.05, 4.69) is 48.0 Å². The lowest BCUT2D eigenvalue weighted by Crippen LogP contribution is -2.46. The highest BCUT2D eigenvalue weighted by Crippen LogP contribution is 2.37. The van der Waals surface area contributed by atoms with Crippen LogP contribution in [0.2, 0.25) is 0 Å². The van der Waals surface area contributed by atoms with Crippen molar-refractivity contribution in [1.82, 2.24) is 14.5 Å². The number of aromatic nitrogens is 2. The maximum Gasteiger partial charge on any atom is 0.251 e. The van der Waals surface area contributed by atoms with E-state index >= 15 is 0 Å². The average Bonchev–Trinajstić information content (AvgIpc) is 2.73. The molecule has 2 aromatic heterocycles. The summed E-state index contributed by atoms with van der Waals surface area (Å²) >= 11 is 0. The van der Waals surface area contributed by atoms with E-state index in [9.17, 15) is 4.79 Å². The highest BCUT2D eigenvalue weighted by Gasteiger charge is 2.35. The number of fused-ring (bicyclic) bond motifs is 4. The number of benzene rings is 1. The van der Waals surface area contributed by atoms with Crippen LogP contribution in [0.15, 0.2) is 59.5 Å². The number of rotatable bonds is 3. The molecule has 0 aliphatic carbocycles. The van der Waals surface area contributed by atoms with E-state index in [4.69, 9.17) is 0 Å². The molecule has 4 nitrogen and oxygen atoms in total. The van der Waals surface area contributed by atoms with Crippen LogP contribution in [0.3, 0.4) is 0 Å². The maximum atomic E-state index is 12.9. The van der Waals surface area contributed by atoms with Crippen LogP contribution in [0.5, 0.6) is 0 Å². The van der Waals surface area contributed by atoms with Gasteiger partial charge in [-0.15, -0.1) is 0 Å². The zero-order valence-electron chi connectivity index (χ0n) is 17.1. The van der Waals surface area contributed by atoms with Crippen molar-refractivity contribution in [3.8, 4) is 11.3 Å². The number of hydrogen-bond donors (Lipinski definition) is 0. The first-order chi connectivity index (χ1) is 14.1. The van der Waals surface area contributed by atoms with Crippen LogP contribution < -0.4 is 5.56 Å². The van der Waals surface area contributed by atoms with Crippen molar-refractivity contribution in [2.24, 2.45) is 5.92 Å². The molecule has 148 valence electrons. The maximum absolute atomic E-state index is 12.9. The lowest BCUT2D eigenvalue weighted by atomic mass is 9.82. The Morgan fingerprint density at radius 3 is 2.76 bits per heavy atom. The van der Waals surface area contributed by atoms with Crippen molar-refractivity contribution in [1.29, 1.82) is 0 Å². The molecular formula is C25H27N3O. The van der Waals surface area contributed by atoms with Crippen LogP contribution in [0.25, 0.3) is 11.3 Å². The predicted octanol–water partition coefficient (Wildman–Crippen LogP) is 4.15. The van der Waals surface area contributed by atoms with Gasteiger partial charge in [0.15, 0.2) is 0 Å². The summed E-state index contributed by atoms with van der Waals surface area (Å²) in [6, 6.07) is 16.4. The Morgan fingerprint density at radius 1 is 1.03 bits per heavy atom. The quantitative estimate of drug-likeness (QED) is 0.680. The number of likely N-dealkylation sites (tertiary alicyclic amines) is 1. The Labute approximate surface area is 171 Å². The molecule has 0 radical (unpaired) electrons. The molecule has 29 heavy (non-hydrogen) atoms. The third-order valence-electron chi connectivity index (χ3n) is 6.70. The van der Waals surface area contributed by atoms with Gasteiger partial charge in [0.1, 0.15) is 0 Å². The second kappa shape index (κ2) is 7.27. The van der Waals surface area contributed by atoms with Crippen molar-refractivity contribution in [3.63, 3.8) is 0 Å². The van der Waals surface area contributed by atoms with Gasteiger partial charge in [-0.2, -0.15) is 0 Å². The van der Waals surface area contributed by atoms with Crippen LogP contribution in [0, 0.1) is 19.8 Å². The molecule has 2 atom stereocenters. The van der Waals surface area contributed by atoms with Gasteiger partial charge in [0.2, 0.25) is 0 Å². The molecular weight excluding hydrogens is 358 g/mol. The molecule has 0 saturated carbocycles. The number of piperidine rings is 1. The summed E-state index contributed by atoms with van der Waals surface area (Å²) in [5, 5.41) is 0. The van der Waals surface area contributed by atoms with Crippen molar-refractivity contribution < 1.29 is 0 Å². The topological polar surface area (TPSA) is 38.1 Å². The van der Waals surface area contributed by atoms with Crippen molar-refractivity contribution in [2.45, 2.75) is 39.3 Å². The van der Waals surface area contributed by atoms with Crippen molar-refractivity contribution in [3.05, 3.63) is 87.5 Å². The SMILES string of the molecule is Cc1cccc(CN2C[C@@H]3C[C@H](C2)c2cc(-c4ccccn4)cc(=O)n2C3)c1C. The van der Waals surface area contributed by atoms with Gasteiger partial charge in [0.25, 0.3) is 5.56 Å². The summed E-state index contributed by atoms with van der Waals surface area (Å²) in [6.45, 7) is 8.31. The van der Waals surface area contributed by atoms with Crippen LogP contribution in [0.4, 0.5) is 0 Å². The van der Waals surface area contributed by atoms with Crippen LogP contribution in [-0.4, -0.2) is 27.5 Å².